The number of allylic oxidation sites excluding steroid dienone is 1. The Morgan fingerprint density at radius 3 is 2.60 bits per heavy atom. The van der Waals surface area contributed by atoms with E-state index >= 15 is 0 Å². The zero-order valence-corrected chi connectivity index (χ0v) is 20.4. The van der Waals surface area contributed by atoms with E-state index in [0.717, 1.165) is 5.56 Å². The summed E-state index contributed by atoms with van der Waals surface area (Å²) in [5.41, 5.74) is 1.87. The molecule has 1 aliphatic rings. The Morgan fingerprint density at radius 1 is 1.23 bits per heavy atom. The predicted octanol–water partition coefficient (Wildman–Crippen LogP) is 5.02. The quantitative estimate of drug-likeness (QED) is 0.148. The summed E-state index contributed by atoms with van der Waals surface area (Å²) in [6.45, 7) is 3.55. The number of fused-ring (bicyclic) bond motifs is 1. The summed E-state index contributed by atoms with van der Waals surface area (Å²) >= 11 is 7.55. The molecule has 0 spiro atoms. The van der Waals surface area contributed by atoms with Crippen LogP contribution in [0.4, 0.5) is 11.5 Å². The number of halogens is 1. The van der Waals surface area contributed by atoms with Crippen molar-refractivity contribution in [3.05, 3.63) is 102 Å². The topological polar surface area (TPSA) is 127 Å². The maximum atomic E-state index is 13.3. The number of carbonyl (C=O) groups is 1. The van der Waals surface area contributed by atoms with E-state index in [0.29, 0.717) is 33.0 Å². The highest BCUT2D eigenvalue weighted by atomic mass is 35.5. The molecule has 0 radical (unpaired) electrons. The lowest BCUT2D eigenvalue weighted by atomic mass is 9.82. The highest BCUT2D eigenvalue weighted by molar-refractivity contribution is 7.98. The molecular formula is C24H21ClN4O5S. The Labute approximate surface area is 209 Å². The second-order valence-corrected chi connectivity index (χ2v) is 9.05. The number of nitrogens with one attached hydrogen (secondary N) is 2. The Hall–Kier alpha value is -3.63. The lowest BCUT2D eigenvalue weighted by Crippen LogP contribution is -2.31. The van der Waals surface area contributed by atoms with Gasteiger partial charge < -0.3 is 15.0 Å². The van der Waals surface area contributed by atoms with Gasteiger partial charge in [0, 0.05) is 28.6 Å². The van der Waals surface area contributed by atoms with Crippen molar-refractivity contribution < 1.29 is 14.5 Å². The molecule has 2 aromatic carbocycles. The van der Waals surface area contributed by atoms with E-state index in [4.69, 9.17) is 16.3 Å². The lowest BCUT2D eigenvalue weighted by Gasteiger charge is -2.28. The standard InChI is InChI=1S/C24H21ClN4O5S/c1-3-34-23(31)18-13(2)26-21-20(19(18)14-8-10-16(11-9-14)29(32)33)22(30)28-24(27-21)35-12-15-6-4-5-7-17(15)25/h4-11,19H,3,12H2,1-2H3,(H2,26,27,28,30). The van der Waals surface area contributed by atoms with Crippen molar-refractivity contribution in [1.29, 1.82) is 0 Å². The molecule has 4 rings (SSSR count). The van der Waals surface area contributed by atoms with Crippen molar-refractivity contribution in [2.45, 2.75) is 30.7 Å². The van der Waals surface area contributed by atoms with Gasteiger partial charge in [-0.25, -0.2) is 9.78 Å². The van der Waals surface area contributed by atoms with Crippen LogP contribution in [0.15, 0.2) is 69.8 Å². The number of nitro groups is 1. The molecule has 0 amide bonds. The highest BCUT2D eigenvalue weighted by Crippen LogP contribution is 2.40. The number of aromatic amines is 1. The van der Waals surface area contributed by atoms with Crippen LogP contribution >= 0.6 is 23.4 Å². The summed E-state index contributed by atoms with van der Waals surface area (Å²) in [6.07, 6.45) is 0. The Kier molecular flexibility index (Phi) is 7.23. The van der Waals surface area contributed by atoms with E-state index in [-0.39, 0.29) is 23.4 Å². The molecule has 1 aliphatic heterocycles. The average molecular weight is 513 g/mol. The monoisotopic (exact) mass is 512 g/mol. The number of H-pyrrole nitrogens is 1. The van der Waals surface area contributed by atoms with Crippen molar-refractivity contribution >= 4 is 40.8 Å². The van der Waals surface area contributed by atoms with Gasteiger partial charge in [-0.3, -0.25) is 14.9 Å². The number of hydrogen-bond acceptors (Lipinski definition) is 8. The molecule has 9 nitrogen and oxygen atoms in total. The first kappa shape index (κ1) is 24.5. The molecule has 0 fully saturated rings. The molecule has 35 heavy (non-hydrogen) atoms. The van der Waals surface area contributed by atoms with Crippen LogP contribution in [0.1, 0.15) is 36.5 Å². The first-order valence-electron chi connectivity index (χ1n) is 10.7. The van der Waals surface area contributed by atoms with Crippen LogP contribution in [0.25, 0.3) is 0 Å². The molecule has 1 unspecified atom stereocenters. The van der Waals surface area contributed by atoms with Crippen LogP contribution < -0.4 is 10.9 Å². The fourth-order valence-corrected chi connectivity index (χ4v) is 5.01. The van der Waals surface area contributed by atoms with Crippen LogP contribution in [-0.4, -0.2) is 27.5 Å². The number of nitro benzene ring substituents is 1. The second-order valence-electron chi connectivity index (χ2n) is 7.68. The molecule has 0 saturated heterocycles. The van der Waals surface area contributed by atoms with E-state index in [1.807, 2.05) is 18.2 Å². The fourth-order valence-electron chi connectivity index (χ4n) is 3.86. The second kappa shape index (κ2) is 10.3. The molecule has 0 aliphatic carbocycles. The first-order chi connectivity index (χ1) is 16.8. The van der Waals surface area contributed by atoms with Gasteiger partial charge in [0.25, 0.3) is 11.2 Å². The van der Waals surface area contributed by atoms with Crippen LogP contribution in [0.3, 0.4) is 0 Å². The normalized spacial score (nSPS) is 14.8. The summed E-state index contributed by atoms with van der Waals surface area (Å²) in [5, 5.41) is 15.2. The molecule has 0 bridgehead atoms. The number of ether oxygens (including phenoxy) is 1. The minimum atomic E-state index is -0.815. The third kappa shape index (κ3) is 5.08. The number of non-ortho nitro benzene ring substituents is 1. The predicted molar refractivity (Wildman–Crippen MR) is 134 cm³/mol. The number of thioether (sulfide) groups is 1. The SMILES string of the molecule is CCOC(=O)C1=C(C)Nc2nc(SCc3ccccc3Cl)[nH]c(=O)c2C1c1ccc([N+](=O)[O-])cc1. The van der Waals surface area contributed by atoms with Gasteiger partial charge in [-0.15, -0.1) is 0 Å². The summed E-state index contributed by atoms with van der Waals surface area (Å²) in [5.74, 6) is -0.590. The minimum Gasteiger partial charge on any atom is -0.463 e. The van der Waals surface area contributed by atoms with E-state index in [2.05, 4.69) is 15.3 Å². The number of esters is 1. The number of carbonyl (C=O) groups excluding carboxylic acids is 1. The molecule has 180 valence electrons. The Morgan fingerprint density at radius 2 is 1.94 bits per heavy atom. The molecule has 0 saturated carbocycles. The van der Waals surface area contributed by atoms with Crippen LogP contribution in [0.5, 0.6) is 0 Å². The number of benzene rings is 2. The van der Waals surface area contributed by atoms with Gasteiger partial charge in [-0.2, -0.15) is 0 Å². The zero-order chi connectivity index (χ0) is 25.1. The maximum Gasteiger partial charge on any atom is 0.336 e. The summed E-state index contributed by atoms with van der Waals surface area (Å²) in [7, 11) is 0. The van der Waals surface area contributed by atoms with Crippen LogP contribution in [-0.2, 0) is 15.3 Å². The Balaban J connectivity index is 1.77. The van der Waals surface area contributed by atoms with Gasteiger partial charge in [0.1, 0.15) is 5.82 Å². The van der Waals surface area contributed by atoms with Gasteiger partial charge in [0.2, 0.25) is 0 Å². The van der Waals surface area contributed by atoms with E-state index < -0.39 is 22.4 Å². The number of nitrogens with zero attached hydrogens (tertiary/aromatic N) is 2. The molecular weight excluding hydrogens is 492 g/mol. The van der Waals surface area contributed by atoms with Crippen molar-refractivity contribution in [2.24, 2.45) is 0 Å². The number of anilines is 1. The van der Waals surface area contributed by atoms with Crippen LogP contribution in [0, 0.1) is 10.1 Å². The van der Waals surface area contributed by atoms with Gasteiger partial charge in [0.15, 0.2) is 5.16 Å². The van der Waals surface area contributed by atoms with Gasteiger partial charge in [-0.05, 0) is 31.0 Å². The molecule has 11 heteroatoms. The number of hydrogen-bond donors (Lipinski definition) is 2. The molecule has 2 N–H and O–H groups in total. The third-order valence-corrected chi connectivity index (χ3v) is 6.77. The average Bonchev–Trinajstić information content (AvgIpc) is 2.82. The lowest BCUT2D eigenvalue weighted by molar-refractivity contribution is -0.384. The smallest absolute Gasteiger partial charge is 0.336 e. The Bertz CT molecular complexity index is 1390. The van der Waals surface area contributed by atoms with Gasteiger partial charge >= 0.3 is 5.97 Å². The van der Waals surface area contributed by atoms with E-state index in [9.17, 15) is 19.7 Å². The summed E-state index contributed by atoms with van der Waals surface area (Å²) in [6, 6.07) is 13.2. The minimum absolute atomic E-state index is 0.0975. The molecule has 1 aromatic heterocycles. The number of aromatic nitrogens is 2. The zero-order valence-electron chi connectivity index (χ0n) is 18.8. The molecule has 1 atom stereocenters. The number of rotatable bonds is 7. The van der Waals surface area contributed by atoms with Crippen LogP contribution in [0.2, 0.25) is 5.02 Å². The van der Waals surface area contributed by atoms with Gasteiger partial charge in [0.05, 0.1) is 28.6 Å². The van der Waals surface area contributed by atoms with Crippen molar-refractivity contribution in [3.8, 4) is 0 Å². The van der Waals surface area contributed by atoms with E-state index in [1.165, 1.54) is 36.0 Å². The van der Waals surface area contributed by atoms with Crippen molar-refractivity contribution in [3.63, 3.8) is 0 Å². The van der Waals surface area contributed by atoms with E-state index in [1.54, 1.807) is 19.9 Å². The molecule has 2 heterocycles. The maximum absolute atomic E-state index is 13.3. The summed E-state index contributed by atoms with van der Waals surface area (Å²) < 4.78 is 5.25. The molecule has 3 aromatic rings. The highest BCUT2D eigenvalue weighted by Gasteiger charge is 2.36. The fraction of sp³-hybridized carbons (Fsp3) is 0.208. The summed E-state index contributed by atoms with van der Waals surface area (Å²) in [4.78, 5) is 44.1. The van der Waals surface area contributed by atoms with Crippen molar-refractivity contribution in [2.75, 3.05) is 11.9 Å². The first-order valence-corrected chi connectivity index (χ1v) is 12.1. The van der Waals surface area contributed by atoms with Crippen molar-refractivity contribution in [1.82, 2.24) is 9.97 Å². The third-order valence-electron chi connectivity index (χ3n) is 5.48. The van der Waals surface area contributed by atoms with Gasteiger partial charge in [-0.1, -0.05) is 53.7 Å². The largest absolute Gasteiger partial charge is 0.463 e.